The SMILES string of the molecule is Cc1cnc(C(N)CC2CCOCC2)nc1. The minimum Gasteiger partial charge on any atom is -0.381 e. The highest BCUT2D eigenvalue weighted by atomic mass is 16.5. The van der Waals surface area contributed by atoms with Gasteiger partial charge in [-0.25, -0.2) is 9.97 Å². The van der Waals surface area contributed by atoms with E-state index in [0.717, 1.165) is 43.9 Å². The van der Waals surface area contributed by atoms with E-state index in [0.29, 0.717) is 5.92 Å². The number of rotatable bonds is 3. The number of ether oxygens (including phenoxy) is 1. The highest BCUT2D eigenvalue weighted by Crippen LogP contribution is 2.24. The Morgan fingerprint density at radius 3 is 2.62 bits per heavy atom. The summed E-state index contributed by atoms with van der Waals surface area (Å²) in [6.45, 7) is 3.71. The Morgan fingerprint density at radius 1 is 1.38 bits per heavy atom. The van der Waals surface area contributed by atoms with Gasteiger partial charge in [-0.2, -0.15) is 0 Å². The molecule has 0 bridgehead atoms. The van der Waals surface area contributed by atoms with Crippen molar-refractivity contribution in [3.05, 3.63) is 23.8 Å². The third-order valence-corrected chi connectivity index (χ3v) is 3.06. The van der Waals surface area contributed by atoms with Gasteiger partial charge in [0, 0.05) is 25.6 Å². The lowest BCUT2D eigenvalue weighted by Crippen LogP contribution is -2.22. The minimum atomic E-state index is -0.0382. The minimum absolute atomic E-state index is 0.0382. The van der Waals surface area contributed by atoms with Crippen LogP contribution in [-0.4, -0.2) is 23.2 Å². The van der Waals surface area contributed by atoms with E-state index in [1.165, 1.54) is 0 Å². The Morgan fingerprint density at radius 2 is 2.00 bits per heavy atom. The quantitative estimate of drug-likeness (QED) is 0.842. The molecule has 1 aromatic rings. The molecule has 2 rings (SSSR count). The maximum atomic E-state index is 6.11. The smallest absolute Gasteiger partial charge is 0.144 e. The summed E-state index contributed by atoms with van der Waals surface area (Å²) in [5.41, 5.74) is 7.18. The number of nitrogens with zero attached hydrogens (tertiary/aromatic N) is 2. The maximum absolute atomic E-state index is 6.11. The molecule has 88 valence electrons. The van der Waals surface area contributed by atoms with E-state index >= 15 is 0 Å². The average molecular weight is 221 g/mol. The maximum Gasteiger partial charge on any atom is 0.144 e. The molecule has 1 aliphatic heterocycles. The van der Waals surface area contributed by atoms with Crippen LogP contribution in [0, 0.1) is 12.8 Å². The summed E-state index contributed by atoms with van der Waals surface area (Å²) in [4.78, 5) is 8.55. The van der Waals surface area contributed by atoms with Gasteiger partial charge in [-0.05, 0) is 37.7 Å². The first-order valence-electron chi connectivity index (χ1n) is 5.87. The Balaban J connectivity index is 1.91. The molecule has 16 heavy (non-hydrogen) atoms. The molecule has 1 aromatic heterocycles. The highest BCUT2D eigenvalue weighted by Gasteiger charge is 2.19. The molecule has 1 atom stereocenters. The molecule has 1 unspecified atom stereocenters. The zero-order valence-corrected chi connectivity index (χ0v) is 9.72. The van der Waals surface area contributed by atoms with Gasteiger partial charge in [-0.1, -0.05) is 0 Å². The summed E-state index contributed by atoms with van der Waals surface area (Å²) >= 11 is 0. The first-order valence-corrected chi connectivity index (χ1v) is 5.87. The normalized spacial score (nSPS) is 19.6. The van der Waals surface area contributed by atoms with Crippen molar-refractivity contribution in [1.82, 2.24) is 9.97 Å². The summed E-state index contributed by atoms with van der Waals surface area (Å²) in [6, 6.07) is -0.0382. The molecule has 4 nitrogen and oxygen atoms in total. The predicted octanol–water partition coefficient (Wildman–Crippen LogP) is 1.60. The van der Waals surface area contributed by atoms with Crippen molar-refractivity contribution in [1.29, 1.82) is 0 Å². The molecule has 0 radical (unpaired) electrons. The van der Waals surface area contributed by atoms with Crippen LogP contribution in [0.5, 0.6) is 0 Å². The van der Waals surface area contributed by atoms with Gasteiger partial charge in [0.2, 0.25) is 0 Å². The molecule has 0 aromatic carbocycles. The van der Waals surface area contributed by atoms with Crippen molar-refractivity contribution >= 4 is 0 Å². The van der Waals surface area contributed by atoms with Crippen molar-refractivity contribution in [3.8, 4) is 0 Å². The van der Waals surface area contributed by atoms with Crippen LogP contribution in [0.15, 0.2) is 12.4 Å². The first kappa shape index (κ1) is 11.5. The van der Waals surface area contributed by atoms with E-state index in [2.05, 4.69) is 9.97 Å². The number of aromatic nitrogens is 2. The van der Waals surface area contributed by atoms with Crippen LogP contribution in [0.1, 0.15) is 36.7 Å². The molecule has 0 amide bonds. The van der Waals surface area contributed by atoms with Gasteiger partial charge in [0.15, 0.2) is 0 Å². The molecule has 2 heterocycles. The van der Waals surface area contributed by atoms with Crippen LogP contribution >= 0.6 is 0 Å². The monoisotopic (exact) mass is 221 g/mol. The lowest BCUT2D eigenvalue weighted by molar-refractivity contribution is 0.0616. The molecular formula is C12H19N3O. The third-order valence-electron chi connectivity index (χ3n) is 3.06. The van der Waals surface area contributed by atoms with Crippen molar-refractivity contribution in [2.45, 2.75) is 32.2 Å². The van der Waals surface area contributed by atoms with Crippen molar-refractivity contribution in [2.24, 2.45) is 11.7 Å². The van der Waals surface area contributed by atoms with Crippen LogP contribution in [0.25, 0.3) is 0 Å². The second-order valence-electron chi connectivity index (χ2n) is 4.52. The second-order valence-corrected chi connectivity index (χ2v) is 4.52. The van der Waals surface area contributed by atoms with E-state index in [1.54, 1.807) is 0 Å². The molecule has 4 heteroatoms. The van der Waals surface area contributed by atoms with Gasteiger partial charge in [0.1, 0.15) is 5.82 Å². The fraction of sp³-hybridized carbons (Fsp3) is 0.667. The van der Waals surface area contributed by atoms with E-state index in [1.807, 2.05) is 19.3 Å². The Labute approximate surface area is 96.2 Å². The lowest BCUT2D eigenvalue weighted by atomic mass is 9.92. The Bertz CT molecular complexity index is 320. The van der Waals surface area contributed by atoms with Crippen LogP contribution in [0.3, 0.4) is 0 Å². The summed E-state index contributed by atoms with van der Waals surface area (Å²) in [5.74, 6) is 1.42. The number of hydrogen-bond donors (Lipinski definition) is 1. The Kier molecular flexibility index (Phi) is 3.85. The van der Waals surface area contributed by atoms with Crippen LogP contribution in [-0.2, 0) is 4.74 Å². The van der Waals surface area contributed by atoms with Gasteiger partial charge in [0.25, 0.3) is 0 Å². The predicted molar refractivity (Wildman–Crippen MR) is 61.9 cm³/mol. The van der Waals surface area contributed by atoms with E-state index < -0.39 is 0 Å². The topological polar surface area (TPSA) is 61.0 Å². The molecule has 1 fully saturated rings. The third kappa shape index (κ3) is 3.00. The van der Waals surface area contributed by atoms with Crippen molar-refractivity contribution in [2.75, 3.05) is 13.2 Å². The second kappa shape index (κ2) is 5.37. The van der Waals surface area contributed by atoms with Gasteiger partial charge in [-0.15, -0.1) is 0 Å². The first-order chi connectivity index (χ1) is 7.75. The summed E-state index contributed by atoms with van der Waals surface area (Å²) in [6.07, 6.45) is 6.84. The van der Waals surface area contributed by atoms with Gasteiger partial charge in [0.05, 0.1) is 6.04 Å². The lowest BCUT2D eigenvalue weighted by Gasteiger charge is -2.24. The van der Waals surface area contributed by atoms with E-state index in [4.69, 9.17) is 10.5 Å². The van der Waals surface area contributed by atoms with E-state index in [9.17, 15) is 0 Å². The molecule has 1 aliphatic rings. The number of aryl methyl sites for hydroxylation is 1. The van der Waals surface area contributed by atoms with Crippen molar-refractivity contribution < 1.29 is 4.74 Å². The van der Waals surface area contributed by atoms with Gasteiger partial charge in [-0.3, -0.25) is 0 Å². The molecule has 0 saturated carbocycles. The number of hydrogen-bond acceptors (Lipinski definition) is 4. The van der Waals surface area contributed by atoms with Crippen LogP contribution < -0.4 is 5.73 Å². The van der Waals surface area contributed by atoms with Gasteiger partial charge < -0.3 is 10.5 Å². The Hall–Kier alpha value is -1.00. The van der Waals surface area contributed by atoms with Crippen molar-refractivity contribution in [3.63, 3.8) is 0 Å². The largest absolute Gasteiger partial charge is 0.381 e. The molecule has 0 aliphatic carbocycles. The van der Waals surface area contributed by atoms with Crippen LogP contribution in [0.2, 0.25) is 0 Å². The zero-order valence-electron chi connectivity index (χ0n) is 9.72. The fourth-order valence-corrected chi connectivity index (χ4v) is 2.04. The summed E-state index contributed by atoms with van der Waals surface area (Å²) < 4.78 is 5.33. The molecular weight excluding hydrogens is 202 g/mol. The highest BCUT2D eigenvalue weighted by molar-refractivity contribution is 5.04. The standard InChI is InChI=1S/C12H19N3O/c1-9-7-14-12(15-8-9)11(13)6-10-2-4-16-5-3-10/h7-8,10-11H,2-6,13H2,1H3. The average Bonchev–Trinajstić information content (AvgIpc) is 2.31. The molecule has 1 saturated heterocycles. The molecule has 0 spiro atoms. The van der Waals surface area contributed by atoms with E-state index in [-0.39, 0.29) is 6.04 Å². The zero-order chi connectivity index (χ0) is 11.4. The summed E-state index contributed by atoms with van der Waals surface area (Å²) in [7, 11) is 0. The van der Waals surface area contributed by atoms with Crippen LogP contribution in [0.4, 0.5) is 0 Å². The van der Waals surface area contributed by atoms with Gasteiger partial charge >= 0.3 is 0 Å². The fourth-order valence-electron chi connectivity index (χ4n) is 2.04. The molecule has 2 N–H and O–H groups in total. The summed E-state index contributed by atoms with van der Waals surface area (Å²) in [5, 5.41) is 0. The number of nitrogens with two attached hydrogens (primary N) is 1.